The Morgan fingerprint density at radius 3 is 2.90 bits per heavy atom. The highest BCUT2D eigenvalue weighted by molar-refractivity contribution is 6.04. The van der Waals surface area contributed by atoms with E-state index in [2.05, 4.69) is 43.3 Å². The average molecular weight is 412 g/mol. The van der Waals surface area contributed by atoms with Crippen molar-refractivity contribution in [2.45, 2.75) is 6.42 Å². The van der Waals surface area contributed by atoms with Crippen molar-refractivity contribution in [3.8, 4) is 11.3 Å². The van der Waals surface area contributed by atoms with Gasteiger partial charge < -0.3 is 9.32 Å². The Hall–Kier alpha value is -3.91. The monoisotopic (exact) mass is 412 g/mol. The van der Waals surface area contributed by atoms with Crippen LogP contribution in [0.5, 0.6) is 0 Å². The second-order valence-electron chi connectivity index (χ2n) is 7.46. The van der Waals surface area contributed by atoms with Gasteiger partial charge in [-0.15, -0.1) is 0 Å². The van der Waals surface area contributed by atoms with E-state index >= 15 is 0 Å². The summed E-state index contributed by atoms with van der Waals surface area (Å²) in [4.78, 5) is 32.2. The van der Waals surface area contributed by atoms with Crippen molar-refractivity contribution in [3.63, 3.8) is 0 Å². The number of rotatable bonds is 4. The minimum atomic E-state index is -0.275. The maximum Gasteiger partial charge on any atom is 0.258 e. The SMILES string of the molecule is CN1CC=C(c2cc(C(=O)Nc3ncc4ccc(-c5cnco5)cc4n3)ccn2)CC1. The smallest absolute Gasteiger partial charge is 0.258 e. The van der Waals surface area contributed by atoms with E-state index in [1.165, 1.54) is 6.39 Å². The van der Waals surface area contributed by atoms with E-state index in [9.17, 15) is 4.79 Å². The van der Waals surface area contributed by atoms with Crippen LogP contribution in [0.4, 0.5) is 5.95 Å². The third-order valence-electron chi connectivity index (χ3n) is 5.29. The van der Waals surface area contributed by atoms with Crippen molar-refractivity contribution in [3.05, 3.63) is 72.6 Å². The first kappa shape index (κ1) is 19.1. The zero-order chi connectivity index (χ0) is 21.2. The van der Waals surface area contributed by atoms with Gasteiger partial charge in [0.25, 0.3) is 5.91 Å². The minimum Gasteiger partial charge on any atom is -0.444 e. The summed E-state index contributed by atoms with van der Waals surface area (Å²) in [6, 6.07) is 9.21. The Balaban J connectivity index is 1.38. The van der Waals surface area contributed by atoms with Gasteiger partial charge in [-0.3, -0.25) is 15.1 Å². The summed E-state index contributed by atoms with van der Waals surface area (Å²) in [5, 5.41) is 3.65. The van der Waals surface area contributed by atoms with Crippen LogP contribution in [0.3, 0.4) is 0 Å². The molecule has 31 heavy (non-hydrogen) atoms. The molecule has 1 aliphatic heterocycles. The Morgan fingerprint density at radius 2 is 2.10 bits per heavy atom. The molecule has 1 aromatic carbocycles. The summed E-state index contributed by atoms with van der Waals surface area (Å²) < 4.78 is 5.35. The molecule has 0 aliphatic carbocycles. The highest BCUT2D eigenvalue weighted by atomic mass is 16.3. The molecule has 0 atom stereocenters. The molecule has 4 heterocycles. The van der Waals surface area contributed by atoms with Gasteiger partial charge in [0.2, 0.25) is 5.95 Å². The van der Waals surface area contributed by atoms with Crippen molar-refractivity contribution in [2.75, 3.05) is 25.5 Å². The molecule has 0 spiro atoms. The number of oxazole rings is 1. The highest BCUT2D eigenvalue weighted by Crippen LogP contribution is 2.24. The molecule has 1 amide bonds. The Kier molecular flexibility index (Phi) is 4.97. The van der Waals surface area contributed by atoms with Crippen molar-refractivity contribution in [2.24, 2.45) is 0 Å². The van der Waals surface area contributed by atoms with Gasteiger partial charge in [0, 0.05) is 42.0 Å². The minimum absolute atomic E-state index is 0.240. The lowest BCUT2D eigenvalue weighted by Gasteiger charge is -2.21. The van der Waals surface area contributed by atoms with Crippen LogP contribution < -0.4 is 5.32 Å². The molecular weight excluding hydrogens is 392 g/mol. The van der Waals surface area contributed by atoms with Gasteiger partial charge in [-0.1, -0.05) is 18.2 Å². The van der Waals surface area contributed by atoms with E-state index in [-0.39, 0.29) is 11.9 Å². The van der Waals surface area contributed by atoms with Gasteiger partial charge >= 0.3 is 0 Å². The number of anilines is 1. The maximum atomic E-state index is 12.8. The third kappa shape index (κ3) is 4.06. The first-order valence-electron chi connectivity index (χ1n) is 9.97. The van der Waals surface area contributed by atoms with Crippen LogP contribution in [-0.4, -0.2) is 50.9 Å². The molecule has 3 aromatic heterocycles. The van der Waals surface area contributed by atoms with Gasteiger partial charge in [0.15, 0.2) is 12.2 Å². The van der Waals surface area contributed by atoms with Crippen LogP contribution in [0.1, 0.15) is 22.5 Å². The molecule has 5 rings (SSSR count). The van der Waals surface area contributed by atoms with E-state index in [0.717, 1.165) is 41.7 Å². The Bertz CT molecular complexity index is 1280. The highest BCUT2D eigenvalue weighted by Gasteiger charge is 2.14. The second kappa shape index (κ2) is 8.08. The molecule has 0 unspecified atom stereocenters. The number of aromatic nitrogens is 4. The zero-order valence-corrected chi connectivity index (χ0v) is 16.9. The van der Waals surface area contributed by atoms with Crippen LogP contribution in [0.2, 0.25) is 0 Å². The number of likely N-dealkylation sites (N-methyl/N-ethyl adjacent to an activating group) is 1. The number of nitrogens with zero attached hydrogens (tertiary/aromatic N) is 5. The molecule has 0 fully saturated rings. The molecule has 0 radical (unpaired) electrons. The number of nitrogens with one attached hydrogen (secondary N) is 1. The number of carbonyl (C=O) groups excluding carboxylic acids is 1. The predicted molar refractivity (Wildman–Crippen MR) is 117 cm³/mol. The summed E-state index contributed by atoms with van der Waals surface area (Å²) in [6.07, 6.45) is 9.45. The summed E-state index contributed by atoms with van der Waals surface area (Å²) in [5.41, 5.74) is 4.06. The van der Waals surface area contributed by atoms with Crippen molar-refractivity contribution in [1.82, 2.24) is 24.8 Å². The molecule has 154 valence electrons. The third-order valence-corrected chi connectivity index (χ3v) is 5.29. The molecule has 4 aromatic rings. The number of hydrogen-bond acceptors (Lipinski definition) is 7. The molecule has 0 saturated heterocycles. The van der Waals surface area contributed by atoms with Crippen molar-refractivity contribution < 1.29 is 9.21 Å². The normalized spacial score (nSPS) is 14.4. The summed E-state index contributed by atoms with van der Waals surface area (Å²) >= 11 is 0. The lowest BCUT2D eigenvalue weighted by atomic mass is 10.0. The Labute approximate surface area is 178 Å². The number of carbonyl (C=O) groups is 1. The van der Waals surface area contributed by atoms with Crippen molar-refractivity contribution >= 4 is 28.3 Å². The van der Waals surface area contributed by atoms with Crippen LogP contribution in [0, 0.1) is 0 Å². The molecule has 0 bridgehead atoms. The fraction of sp³-hybridized carbons (Fsp3) is 0.174. The van der Waals surface area contributed by atoms with Gasteiger partial charge in [-0.05, 0) is 37.2 Å². The topological polar surface area (TPSA) is 97.0 Å². The van der Waals surface area contributed by atoms with Gasteiger partial charge in [0.05, 0.1) is 17.4 Å². The lowest BCUT2D eigenvalue weighted by molar-refractivity contribution is 0.102. The largest absolute Gasteiger partial charge is 0.444 e. The van der Waals surface area contributed by atoms with Crippen molar-refractivity contribution in [1.29, 1.82) is 0 Å². The average Bonchev–Trinajstić information content (AvgIpc) is 3.34. The molecule has 0 saturated carbocycles. The molecule has 8 nitrogen and oxygen atoms in total. The molecule has 8 heteroatoms. The summed E-state index contributed by atoms with van der Waals surface area (Å²) in [7, 11) is 2.09. The molecule has 1 N–H and O–H groups in total. The second-order valence-corrected chi connectivity index (χ2v) is 7.46. The first-order chi connectivity index (χ1) is 15.2. The maximum absolute atomic E-state index is 12.8. The van der Waals surface area contributed by atoms with E-state index in [1.54, 1.807) is 24.7 Å². The van der Waals surface area contributed by atoms with Gasteiger partial charge in [0.1, 0.15) is 0 Å². The number of hydrogen-bond donors (Lipinski definition) is 1. The molecular formula is C23H20N6O2. The van der Waals surface area contributed by atoms with Crippen LogP contribution in [0.25, 0.3) is 27.8 Å². The van der Waals surface area contributed by atoms with E-state index in [0.29, 0.717) is 16.8 Å². The lowest BCUT2D eigenvalue weighted by Crippen LogP contribution is -2.24. The van der Waals surface area contributed by atoms with E-state index in [4.69, 9.17) is 4.42 Å². The fourth-order valence-electron chi connectivity index (χ4n) is 3.52. The predicted octanol–water partition coefficient (Wildman–Crippen LogP) is 3.65. The number of fused-ring (bicyclic) bond motifs is 1. The van der Waals surface area contributed by atoms with Crippen LogP contribution in [0.15, 0.2) is 65.8 Å². The number of pyridine rings is 1. The zero-order valence-electron chi connectivity index (χ0n) is 16.9. The Morgan fingerprint density at radius 1 is 1.16 bits per heavy atom. The van der Waals surface area contributed by atoms with Crippen LogP contribution in [-0.2, 0) is 0 Å². The summed E-state index contributed by atoms with van der Waals surface area (Å²) in [5.74, 6) is 0.616. The first-order valence-corrected chi connectivity index (χ1v) is 9.97. The number of benzene rings is 1. The number of amides is 1. The standard InChI is InChI=1S/C23H20N6O2/c1-29-8-5-15(6-9-29)19-11-17(4-7-25-19)22(30)28-23-26-12-18-3-2-16(10-20(18)27-23)21-13-24-14-31-21/h2-5,7,10-14H,6,8-9H2,1H3,(H,26,27,28,30). The molecule has 1 aliphatic rings. The van der Waals surface area contributed by atoms with Crippen LogP contribution >= 0.6 is 0 Å². The summed E-state index contributed by atoms with van der Waals surface area (Å²) in [6.45, 7) is 1.86. The van der Waals surface area contributed by atoms with E-state index < -0.39 is 0 Å². The van der Waals surface area contributed by atoms with Gasteiger partial charge in [-0.2, -0.15) is 0 Å². The van der Waals surface area contributed by atoms with Gasteiger partial charge in [-0.25, -0.2) is 15.0 Å². The van der Waals surface area contributed by atoms with E-state index in [1.807, 2.05) is 24.3 Å². The fourth-order valence-corrected chi connectivity index (χ4v) is 3.52. The quantitative estimate of drug-likeness (QED) is 0.546.